The summed E-state index contributed by atoms with van der Waals surface area (Å²) in [4.78, 5) is 29.1. The van der Waals surface area contributed by atoms with E-state index in [2.05, 4.69) is 10.2 Å². The SMILES string of the molecule is CC(C)NC(=O)CN1CCN(C(=O)CSc2ccc(Cl)cc2)CC1. The molecule has 5 nitrogen and oxygen atoms in total. The van der Waals surface area contributed by atoms with Crippen molar-refractivity contribution in [2.75, 3.05) is 38.5 Å². The van der Waals surface area contributed by atoms with Gasteiger partial charge in [0.1, 0.15) is 0 Å². The summed E-state index contributed by atoms with van der Waals surface area (Å²) in [6, 6.07) is 7.66. The number of amides is 2. The molecule has 0 atom stereocenters. The van der Waals surface area contributed by atoms with Crippen LogP contribution in [0.25, 0.3) is 0 Å². The van der Waals surface area contributed by atoms with Gasteiger partial charge in [0, 0.05) is 42.1 Å². The van der Waals surface area contributed by atoms with Crippen LogP contribution < -0.4 is 5.32 Å². The maximum absolute atomic E-state index is 12.3. The fraction of sp³-hybridized carbons (Fsp3) is 0.529. The molecule has 0 aliphatic carbocycles. The molecule has 1 aromatic carbocycles. The molecule has 1 heterocycles. The van der Waals surface area contributed by atoms with Gasteiger partial charge in [-0.25, -0.2) is 0 Å². The van der Waals surface area contributed by atoms with Crippen molar-refractivity contribution in [2.24, 2.45) is 0 Å². The average Bonchev–Trinajstić information content (AvgIpc) is 2.54. The second-order valence-electron chi connectivity index (χ2n) is 6.12. The van der Waals surface area contributed by atoms with Crippen molar-refractivity contribution < 1.29 is 9.59 Å². The molecule has 132 valence electrons. The van der Waals surface area contributed by atoms with Crippen molar-refractivity contribution in [1.29, 1.82) is 0 Å². The van der Waals surface area contributed by atoms with E-state index < -0.39 is 0 Å². The Hall–Kier alpha value is -1.24. The molecule has 1 aliphatic rings. The number of rotatable bonds is 6. The third kappa shape index (κ3) is 6.34. The molecule has 0 unspecified atom stereocenters. The summed E-state index contributed by atoms with van der Waals surface area (Å²) >= 11 is 7.38. The third-order valence-corrected chi connectivity index (χ3v) is 4.97. The van der Waals surface area contributed by atoms with E-state index in [1.54, 1.807) is 0 Å². The van der Waals surface area contributed by atoms with Crippen LogP contribution >= 0.6 is 23.4 Å². The van der Waals surface area contributed by atoms with Crippen LogP contribution in [0.5, 0.6) is 0 Å². The van der Waals surface area contributed by atoms with E-state index in [1.807, 2.05) is 43.0 Å². The van der Waals surface area contributed by atoms with Gasteiger partial charge in [0.2, 0.25) is 11.8 Å². The Morgan fingerprint density at radius 1 is 1.17 bits per heavy atom. The summed E-state index contributed by atoms with van der Waals surface area (Å²) in [6.45, 7) is 7.13. The van der Waals surface area contributed by atoms with Crippen molar-refractivity contribution in [2.45, 2.75) is 24.8 Å². The highest BCUT2D eigenvalue weighted by atomic mass is 35.5. The highest BCUT2D eigenvalue weighted by molar-refractivity contribution is 8.00. The smallest absolute Gasteiger partial charge is 0.234 e. The molecule has 0 bridgehead atoms. The highest BCUT2D eigenvalue weighted by Gasteiger charge is 2.22. The lowest BCUT2D eigenvalue weighted by atomic mass is 10.3. The number of benzene rings is 1. The fourth-order valence-electron chi connectivity index (χ4n) is 2.49. The van der Waals surface area contributed by atoms with Crippen molar-refractivity contribution in [3.63, 3.8) is 0 Å². The van der Waals surface area contributed by atoms with Crippen molar-refractivity contribution in [1.82, 2.24) is 15.1 Å². The van der Waals surface area contributed by atoms with Gasteiger partial charge in [-0.05, 0) is 38.1 Å². The standard InChI is InChI=1S/C17H24ClN3O2S/c1-13(2)19-16(22)11-20-7-9-21(10-8-20)17(23)12-24-15-5-3-14(18)4-6-15/h3-6,13H,7-12H2,1-2H3,(H,19,22). The first-order valence-electron chi connectivity index (χ1n) is 8.12. The zero-order valence-electron chi connectivity index (χ0n) is 14.1. The Kier molecular flexibility index (Phi) is 7.40. The highest BCUT2D eigenvalue weighted by Crippen LogP contribution is 2.20. The van der Waals surface area contributed by atoms with E-state index in [9.17, 15) is 9.59 Å². The largest absolute Gasteiger partial charge is 0.353 e. The van der Waals surface area contributed by atoms with Crippen LogP contribution in [0.15, 0.2) is 29.2 Å². The van der Waals surface area contributed by atoms with Crippen LogP contribution in [-0.4, -0.2) is 66.1 Å². The Balaban J connectivity index is 1.70. The van der Waals surface area contributed by atoms with Gasteiger partial charge >= 0.3 is 0 Å². The number of hydrogen-bond donors (Lipinski definition) is 1. The number of hydrogen-bond acceptors (Lipinski definition) is 4. The number of nitrogens with zero attached hydrogens (tertiary/aromatic N) is 2. The lowest BCUT2D eigenvalue weighted by Crippen LogP contribution is -2.51. The van der Waals surface area contributed by atoms with Gasteiger partial charge in [0.25, 0.3) is 0 Å². The molecular weight excluding hydrogens is 346 g/mol. The third-order valence-electron chi connectivity index (χ3n) is 3.72. The maximum Gasteiger partial charge on any atom is 0.234 e. The van der Waals surface area contributed by atoms with Gasteiger partial charge in [-0.15, -0.1) is 11.8 Å². The Morgan fingerprint density at radius 2 is 1.79 bits per heavy atom. The molecule has 1 aromatic rings. The van der Waals surface area contributed by atoms with E-state index in [-0.39, 0.29) is 17.9 Å². The maximum atomic E-state index is 12.3. The van der Waals surface area contributed by atoms with Crippen LogP contribution in [0.3, 0.4) is 0 Å². The van der Waals surface area contributed by atoms with Crippen LogP contribution in [-0.2, 0) is 9.59 Å². The molecule has 24 heavy (non-hydrogen) atoms. The molecule has 1 fully saturated rings. The van der Waals surface area contributed by atoms with Gasteiger partial charge in [-0.2, -0.15) is 0 Å². The van der Waals surface area contributed by atoms with E-state index in [4.69, 9.17) is 11.6 Å². The molecule has 7 heteroatoms. The monoisotopic (exact) mass is 369 g/mol. The van der Waals surface area contributed by atoms with Gasteiger partial charge in [-0.1, -0.05) is 11.6 Å². The fourth-order valence-corrected chi connectivity index (χ4v) is 3.42. The zero-order valence-corrected chi connectivity index (χ0v) is 15.7. The summed E-state index contributed by atoms with van der Waals surface area (Å²) < 4.78 is 0. The molecule has 2 amide bonds. The Labute approximate surface area is 152 Å². The molecule has 0 radical (unpaired) electrons. The molecule has 0 spiro atoms. The Bertz CT molecular complexity index is 557. The van der Waals surface area contributed by atoms with E-state index in [0.717, 1.165) is 18.0 Å². The number of thioether (sulfide) groups is 1. The van der Waals surface area contributed by atoms with Gasteiger partial charge < -0.3 is 10.2 Å². The van der Waals surface area contributed by atoms with E-state index in [0.29, 0.717) is 30.4 Å². The minimum atomic E-state index is 0.0445. The molecule has 2 rings (SSSR count). The van der Waals surface area contributed by atoms with Gasteiger partial charge in [-0.3, -0.25) is 14.5 Å². The molecular formula is C17H24ClN3O2S. The van der Waals surface area contributed by atoms with Crippen molar-refractivity contribution >= 4 is 35.2 Å². The predicted octanol–water partition coefficient (Wildman–Crippen LogP) is 2.10. The van der Waals surface area contributed by atoms with Crippen LogP contribution in [0.2, 0.25) is 5.02 Å². The zero-order chi connectivity index (χ0) is 17.5. The molecule has 0 aromatic heterocycles. The second-order valence-corrected chi connectivity index (χ2v) is 7.61. The normalized spacial score (nSPS) is 15.6. The lowest BCUT2D eigenvalue weighted by Gasteiger charge is -2.34. The topological polar surface area (TPSA) is 52.7 Å². The summed E-state index contributed by atoms with van der Waals surface area (Å²) in [7, 11) is 0. The van der Waals surface area contributed by atoms with Crippen LogP contribution in [0.4, 0.5) is 0 Å². The number of carbonyl (C=O) groups excluding carboxylic acids is 2. The first kappa shape index (κ1) is 19.1. The first-order chi connectivity index (χ1) is 11.4. The molecule has 0 saturated carbocycles. The summed E-state index contributed by atoms with van der Waals surface area (Å²) in [5.41, 5.74) is 0. The number of halogens is 1. The summed E-state index contributed by atoms with van der Waals surface area (Å²) in [5.74, 6) is 0.611. The summed E-state index contributed by atoms with van der Waals surface area (Å²) in [5, 5.41) is 3.59. The molecule has 1 saturated heterocycles. The number of nitrogens with one attached hydrogen (secondary N) is 1. The number of piperazine rings is 1. The minimum absolute atomic E-state index is 0.0445. The van der Waals surface area contributed by atoms with Crippen LogP contribution in [0.1, 0.15) is 13.8 Å². The summed E-state index contributed by atoms with van der Waals surface area (Å²) in [6.07, 6.45) is 0. The Morgan fingerprint density at radius 3 is 2.38 bits per heavy atom. The molecule has 1 N–H and O–H groups in total. The van der Waals surface area contributed by atoms with E-state index >= 15 is 0 Å². The second kappa shape index (κ2) is 9.30. The van der Waals surface area contributed by atoms with Gasteiger partial charge in [0.05, 0.1) is 12.3 Å². The predicted molar refractivity (Wildman–Crippen MR) is 98.5 cm³/mol. The quantitative estimate of drug-likeness (QED) is 0.780. The van der Waals surface area contributed by atoms with Crippen molar-refractivity contribution in [3.05, 3.63) is 29.3 Å². The van der Waals surface area contributed by atoms with Gasteiger partial charge in [0.15, 0.2) is 0 Å². The van der Waals surface area contributed by atoms with Crippen LogP contribution in [0, 0.1) is 0 Å². The first-order valence-corrected chi connectivity index (χ1v) is 9.48. The number of carbonyl (C=O) groups is 2. The van der Waals surface area contributed by atoms with Crippen molar-refractivity contribution in [3.8, 4) is 0 Å². The molecule has 1 aliphatic heterocycles. The minimum Gasteiger partial charge on any atom is -0.353 e. The van der Waals surface area contributed by atoms with E-state index in [1.165, 1.54) is 11.8 Å². The lowest BCUT2D eigenvalue weighted by molar-refractivity contribution is -0.130. The average molecular weight is 370 g/mol.